The predicted octanol–water partition coefficient (Wildman–Crippen LogP) is -3.07. The summed E-state index contributed by atoms with van der Waals surface area (Å²) in [7, 11) is 0. The van der Waals surface area contributed by atoms with Crippen LogP contribution in [0.4, 0.5) is 0 Å². The molecule has 106 heavy (non-hydrogen) atoms. The van der Waals surface area contributed by atoms with Gasteiger partial charge in [0.1, 0.15) is 72.5 Å². The standard InChI is InChI=1S/C70H109N19O17/c1-10-38(6)57(68(104)80-41(9)60(96)85-52(33-43-35-77-45-22-15-14-21-44(43)45)64(100)86-50(31-36(2)3)65(101)88-56(37(4)5)67(103)84-49(69(105)106)24-18-30-76-70(74)75)89-66(102)51(32-42-19-12-11-13-20-42)87-63(99)48(26-28-55(92)93)83-62(98)46(23-16-17-29-71)82-59(95)40(8)78-58(94)39(7)79-61(97)47(25-27-53(73)90)81-54(91)34-72/h11-15,19-22,35-41,46-52,56-57,77H,10,16-18,23-34,71-72H2,1-9H3,(H2,73,90)(H,78,94)(H,79,97)(H,80,104)(H,81,91)(H,82,95)(H,83,98)(H,84,103)(H,85,96)(H,86,100)(H,87,99)(H,88,101)(H,89,102)(H,92,93)(H,105,106)(H4,74,75,76)/t38-,39-,40-,41-,46-,47-,48-,49-,50-,51-,52-,56-,57-/m0/s1. The zero-order valence-corrected chi connectivity index (χ0v) is 61.6. The fourth-order valence-electron chi connectivity index (χ4n) is 10.9. The van der Waals surface area contributed by atoms with Crippen molar-refractivity contribution in [3.63, 3.8) is 0 Å². The van der Waals surface area contributed by atoms with Crippen LogP contribution in [0.5, 0.6) is 0 Å². The number of benzene rings is 2. The number of carboxylic acids is 2. The van der Waals surface area contributed by atoms with Gasteiger partial charge in [-0.3, -0.25) is 72.1 Å². The van der Waals surface area contributed by atoms with Crippen molar-refractivity contribution in [3.05, 3.63) is 71.9 Å². The van der Waals surface area contributed by atoms with Crippen molar-refractivity contribution in [2.24, 2.45) is 51.4 Å². The lowest BCUT2D eigenvalue weighted by Gasteiger charge is -2.29. The van der Waals surface area contributed by atoms with Crippen molar-refractivity contribution in [1.82, 2.24) is 68.8 Å². The van der Waals surface area contributed by atoms with Crippen LogP contribution in [0, 0.1) is 17.8 Å². The summed E-state index contributed by atoms with van der Waals surface area (Å²) >= 11 is 0. The van der Waals surface area contributed by atoms with Gasteiger partial charge in [-0.2, -0.15) is 0 Å². The molecule has 36 nitrogen and oxygen atoms in total. The van der Waals surface area contributed by atoms with Gasteiger partial charge in [0.2, 0.25) is 76.8 Å². The number of fused-ring (bicyclic) bond motifs is 1. The molecule has 0 bridgehead atoms. The van der Waals surface area contributed by atoms with E-state index in [0.29, 0.717) is 28.5 Å². The Labute approximate surface area is 615 Å². The van der Waals surface area contributed by atoms with E-state index in [9.17, 15) is 82.1 Å². The Morgan fingerprint density at radius 2 is 0.915 bits per heavy atom. The third-order valence-corrected chi connectivity index (χ3v) is 17.2. The number of para-hydroxylation sites is 1. The molecule has 2 aromatic carbocycles. The molecule has 13 amide bonds. The SMILES string of the molecule is CC[C@H](C)[C@H](NC(=O)[C@H](Cc1ccccc1)NC(=O)[C@H](CCC(=O)O)NC(=O)[C@H](CCCCN)NC(=O)[C@H](C)NC(=O)[C@H](C)NC(=O)[C@H](CCC(N)=O)NC(=O)CN)C(=O)N[C@@H](C)C(=O)N[C@@H](Cc1c[nH]c2ccccc12)C(=O)N[C@@H](CC(C)C)C(=O)N[C@H](C(=O)N[C@@H](CCCN=C(N)N)C(=O)O)C(C)C. The van der Waals surface area contributed by atoms with Gasteiger partial charge in [0.25, 0.3) is 0 Å². The first-order valence-corrected chi connectivity index (χ1v) is 35.4. The smallest absolute Gasteiger partial charge is 0.326 e. The average molecular weight is 1490 g/mol. The summed E-state index contributed by atoms with van der Waals surface area (Å²) in [6.45, 7) is 13.9. The number of carbonyl (C=O) groups is 15. The molecule has 36 heteroatoms. The molecule has 0 saturated carbocycles. The lowest BCUT2D eigenvalue weighted by atomic mass is 9.96. The van der Waals surface area contributed by atoms with Gasteiger partial charge in [-0.1, -0.05) is 96.5 Å². The van der Waals surface area contributed by atoms with Crippen molar-refractivity contribution >= 4 is 106 Å². The third kappa shape index (κ3) is 31.3. The number of aromatic nitrogens is 1. The van der Waals surface area contributed by atoms with Crippen LogP contribution in [0.3, 0.4) is 0 Å². The van der Waals surface area contributed by atoms with E-state index in [4.69, 9.17) is 28.7 Å². The molecular formula is C70H109N19O17. The van der Waals surface area contributed by atoms with Gasteiger partial charge in [-0.05, 0) is 114 Å². The molecule has 13 atom stereocenters. The van der Waals surface area contributed by atoms with Crippen LogP contribution in [-0.2, 0) is 84.8 Å². The minimum Gasteiger partial charge on any atom is -0.481 e. The first-order valence-electron chi connectivity index (χ1n) is 35.4. The van der Waals surface area contributed by atoms with E-state index in [-0.39, 0.29) is 89.2 Å². The number of rotatable bonds is 48. The van der Waals surface area contributed by atoms with Crippen molar-refractivity contribution in [1.29, 1.82) is 0 Å². The first-order chi connectivity index (χ1) is 50.0. The zero-order chi connectivity index (χ0) is 79.5. The second kappa shape index (κ2) is 45.4. The van der Waals surface area contributed by atoms with Crippen molar-refractivity contribution in [2.75, 3.05) is 19.6 Å². The van der Waals surface area contributed by atoms with Crippen LogP contribution < -0.4 is 92.5 Å². The number of carboxylic acid groups (broad SMARTS) is 2. The number of carbonyl (C=O) groups excluding carboxylic acids is 13. The Hall–Kier alpha value is -10.8. The molecule has 3 rings (SSSR count). The molecule has 1 heterocycles. The molecule has 0 aliphatic rings. The lowest BCUT2D eigenvalue weighted by Crippen LogP contribution is -2.61. The number of unbranched alkanes of at least 4 members (excludes halogenated alkanes) is 1. The average Bonchev–Trinajstić information content (AvgIpc) is 0.993. The van der Waals surface area contributed by atoms with Crippen LogP contribution >= 0.6 is 0 Å². The van der Waals surface area contributed by atoms with E-state index >= 15 is 0 Å². The highest BCUT2D eigenvalue weighted by Gasteiger charge is 2.38. The van der Waals surface area contributed by atoms with Gasteiger partial charge in [-0.25, -0.2) is 4.79 Å². The van der Waals surface area contributed by atoms with Crippen LogP contribution in [0.15, 0.2) is 65.8 Å². The number of nitrogens with two attached hydrogens (primary N) is 5. The van der Waals surface area contributed by atoms with E-state index in [1.807, 2.05) is 0 Å². The summed E-state index contributed by atoms with van der Waals surface area (Å²) in [4.78, 5) is 210. The molecule has 586 valence electrons. The van der Waals surface area contributed by atoms with E-state index < -0.39 is 192 Å². The maximum atomic E-state index is 14.8. The normalized spacial score (nSPS) is 14.8. The van der Waals surface area contributed by atoms with E-state index in [1.54, 1.807) is 102 Å². The molecule has 0 fully saturated rings. The number of hydrogen-bond acceptors (Lipinski definition) is 18. The summed E-state index contributed by atoms with van der Waals surface area (Å²) in [5.41, 5.74) is 28.9. The Morgan fingerprint density at radius 3 is 1.48 bits per heavy atom. The van der Waals surface area contributed by atoms with Crippen LogP contribution in [0.2, 0.25) is 0 Å². The van der Waals surface area contributed by atoms with Gasteiger partial charge < -0.3 is 108 Å². The largest absolute Gasteiger partial charge is 0.481 e. The second-order valence-corrected chi connectivity index (χ2v) is 26.9. The monoisotopic (exact) mass is 1490 g/mol. The van der Waals surface area contributed by atoms with Gasteiger partial charge in [-0.15, -0.1) is 0 Å². The van der Waals surface area contributed by atoms with Crippen molar-refractivity contribution < 1.29 is 82.1 Å². The van der Waals surface area contributed by atoms with Gasteiger partial charge in [0.05, 0.1) is 6.54 Å². The van der Waals surface area contributed by atoms with Crippen molar-refractivity contribution in [2.45, 2.75) is 218 Å². The molecule has 3 aromatic rings. The third-order valence-electron chi connectivity index (χ3n) is 17.2. The first kappa shape index (κ1) is 89.4. The number of aliphatic carboxylic acids is 2. The second-order valence-electron chi connectivity index (χ2n) is 26.9. The van der Waals surface area contributed by atoms with E-state index in [0.717, 1.165) is 0 Å². The number of hydrogen-bond donors (Lipinski definition) is 20. The van der Waals surface area contributed by atoms with Crippen LogP contribution in [0.25, 0.3) is 10.9 Å². The summed E-state index contributed by atoms with van der Waals surface area (Å²) in [5.74, 6) is -15.6. The molecule has 1 aromatic heterocycles. The predicted molar refractivity (Wildman–Crippen MR) is 391 cm³/mol. The number of nitrogens with one attached hydrogen (secondary N) is 13. The van der Waals surface area contributed by atoms with E-state index in [2.05, 4.69) is 73.8 Å². The number of aliphatic imine (C=N–C) groups is 1. The molecule has 0 aliphatic carbocycles. The Kier molecular flexibility index (Phi) is 38.3. The molecule has 0 radical (unpaired) electrons. The van der Waals surface area contributed by atoms with E-state index in [1.165, 1.54) is 20.8 Å². The molecule has 25 N–H and O–H groups in total. The summed E-state index contributed by atoms with van der Waals surface area (Å²) in [6, 6.07) is -1.41. The summed E-state index contributed by atoms with van der Waals surface area (Å²) in [5, 5.41) is 51.3. The number of guanidine groups is 1. The Balaban J connectivity index is 1.93. The highest BCUT2D eigenvalue weighted by Crippen LogP contribution is 2.21. The Bertz CT molecular complexity index is 3530. The maximum Gasteiger partial charge on any atom is 0.326 e. The number of nitrogens with zero attached hydrogens (tertiary/aromatic N) is 1. The Morgan fingerprint density at radius 1 is 0.462 bits per heavy atom. The summed E-state index contributed by atoms with van der Waals surface area (Å²) in [6.07, 6.45) is 0.537. The van der Waals surface area contributed by atoms with Crippen LogP contribution in [-0.4, -0.2) is 202 Å². The quantitative estimate of drug-likeness (QED) is 0.0152. The lowest BCUT2D eigenvalue weighted by molar-refractivity contribution is -0.143. The minimum atomic E-state index is -1.68. The number of amides is 13. The zero-order valence-electron chi connectivity index (χ0n) is 61.6. The fraction of sp³-hybridized carbons (Fsp3) is 0.571. The maximum absolute atomic E-state index is 14.8. The highest BCUT2D eigenvalue weighted by molar-refractivity contribution is 6.00. The van der Waals surface area contributed by atoms with Gasteiger partial charge in [0.15, 0.2) is 5.96 Å². The molecule has 0 spiro atoms. The van der Waals surface area contributed by atoms with Crippen molar-refractivity contribution in [3.8, 4) is 0 Å². The highest BCUT2D eigenvalue weighted by atomic mass is 16.4. The fourth-order valence-corrected chi connectivity index (χ4v) is 10.9. The van der Waals surface area contributed by atoms with Gasteiger partial charge >= 0.3 is 11.9 Å². The number of primary amides is 1. The topological polar surface area (TPSA) is 599 Å². The minimum absolute atomic E-state index is 0.0384. The number of aromatic amines is 1. The van der Waals surface area contributed by atoms with Gasteiger partial charge in [0, 0.05) is 49.3 Å². The summed E-state index contributed by atoms with van der Waals surface area (Å²) < 4.78 is 0. The number of H-pyrrole nitrogens is 1. The molecular weight excluding hydrogens is 1380 g/mol. The van der Waals surface area contributed by atoms with Crippen LogP contribution in [0.1, 0.15) is 144 Å². The molecule has 0 saturated heterocycles. The molecule has 0 aliphatic heterocycles. The molecule has 0 unspecified atom stereocenters.